The number of aromatic nitrogens is 2. The van der Waals surface area contributed by atoms with E-state index >= 15 is 0 Å². The fourth-order valence-electron chi connectivity index (χ4n) is 1.59. The van der Waals surface area contributed by atoms with Crippen LogP contribution in [0.15, 0.2) is 42.5 Å². The van der Waals surface area contributed by atoms with Crippen molar-refractivity contribution >= 4 is 17.5 Å². The Morgan fingerprint density at radius 2 is 1.62 bits per heavy atom. The minimum atomic E-state index is -0.452. The first-order chi connectivity index (χ1) is 9.95. The van der Waals surface area contributed by atoms with Gasteiger partial charge in [0.15, 0.2) is 5.82 Å². The third kappa shape index (κ3) is 4.56. The molecule has 0 spiro atoms. The van der Waals surface area contributed by atoms with Gasteiger partial charge in [0.05, 0.1) is 0 Å². The van der Waals surface area contributed by atoms with E-state index in [2.05, 4.69) is 20.8 Å². The lowest BCUT2D eigenvalue weighted by molar-refractivity contribution is -0.123. The van der Waals surface area contributed by atoms with E-state index in [1.54, 1.807) is 12.1 Å². The van der Waals surface area contributed by atoms with Crippen molar-refractivity contribution in [3.63, 3.8) is 0 Å². The predicted molar refractivity (Wildman–Crippen MR) is 83.9 cm³/mol. The Balaban J connectivity index is 1.92. The first-order valence-electron chi connectivity index (χ1n) is 6.88. The maximum Gasteiger partial charge on any atom is 0.230 e. The van der Waals surface area contributed by atoms with Gasteiger partial charge in [-0.15, -0.1) is 10.2 Å². The summed E-state index contributed by atoms with van der Waals surface area (Å²) < 4.78 is 0. The third-order valence-electron chi connectivity index (χ3n) is 2.90. The Hall–Kier alpha value is -2.43. The minimum absolute atomic E-state index is 0.0817. The topological polar surface area (TPSA) is 66.9 Å². The fourth-order valence-corrected chi connectivity index (χ4v) is 1.59. The Morgan fingerprint density at radius 3 is 2.19 bits per heavy atom. The molecule has 0 aliphatic carbocycles. The molecule has 0 bridgehead atoms. The monoisotopic (exact) mass is 284 g/mol. The summed E-state index contributed by atoms with van der Waals surface area (Å²) in [7, 11) is 0. The third-order valence-corrected chi connectivity index (χ3v) is 2.90. The lowest BCUT2D eigenvalue weighted by Gasteiger charge is -2.16. The van der Waals surface area contributed by atoms with Crippen molar-refractivity contribution in [2.45, 2.75) is 27.3 Å². The minimum Gasteiger partial charge on any atom is -0.365 e. The quantitative estimate of drug-likeness (QED) is 0.905. The molecule has 1 heterocycles. The van der Waals surface area contributed by atoms with Crippen molar-refractivity contribution in [1.29, 1.82) is 0 Å². The van der Waals surface area contributed by atoms with Crippen LogP contribution in [0.25, 0.3) is 0 Å². The van der Waals surface area contributed by atoms with Crippen LogP contribution < -0.4 is 10.6 Å². The van der Waals surface area contributed by atoms with E-state index in [-0.39, 0.29) is 5.91 Å². The van der Waals surface area contributed by atoms with E-state index in [0.29, 0.717) is 18.2 Å². The summed E-state index contributed by atoms with van der Waals surface area (Å²) >= 11 is 0. The van der Waals surface area contributed by atoms with Crippen LogP contribution in [0.2, 0.25) is 0 Å². The van der Waals surface area contributed by atoms with Crippen LogP contribution in [-0.4, -0.2) is 16.1 Å². The molecule has 0 saturated carbocycles. The van der Waals surface area contributed by atoms with Crippen LogP contribution in [-0.2, 0) is 11.3 Å². The van der Waals surface area contributed by atoms with E-state index in [0.717, 1.165) is 0 Å². The maximum atomic E-state index is 11.8. The number of rotatable bonds is 4. The maximum absolute atomic E-state index is 11.8. The highest BCUT2D eigenvalue weighted by molar-refractivity contribution is 5.93. The highest BCUT2D eigenvalue weighted by Crippen LogP contribution is 2.16. The van der Waals surface area contributed by atoms with Gasteiger partial charge in [-0.3, -0.25) is 4.79 Å². The number of hydrogen-bond donors (Lipinski definition) is 2. The van der Waals surface area contributed by atoms with Gasteiger partial charge in [0, 0.05) is 12.0 Å². The molecule has 5 nitrogen and oxygen atoms in total. The number of carbonyl (C=O) groups is 1. The number of hydrogen-bond acceptors (Lipinski definition) is 4. The Bertz CT molecular complexity index is 588. The molecule has 0 saturated heterocycles. The summed E-state index contributed by atoms with van der Waals surface area (Å²) in [5.74, 6) is 1.05. The molecule has 0 aliphatic heterocycles. The van der Waals surface area contributed by atoms with Crippen molar-refractivity contribution < 1.29 is 4.79 Å². The summed E-state index contributed by atoms with van der Waals surface area (Å²) in [5, 5.41) is 14.0. The van der Waals surface area contributed by atoms with Crippen LogP contribution in [0.5, 0.6) is 0 Å². The molecule has 5 heteroatoms. The molecule has 110 valence electrons. The van der Waals surface area contributed by atoms with Crippen molar-refractivity contribution in [2.24, 2.45) is 5.41 Å². The van der Waals surface area contributed by atoms with Gasteiger partial charge in [-0.05, 0) is 17.7 Å². The SMILES string of the molecule is CC(C)(C)C(=O)Nc1ccc(NCc2ccccc2)nn1. The number of anilines is 2. The fraction of sp³-hybridized carbons (Fsp3) is 0.312. The second-order valence-electron chi connectivity index (χ2n) is 5.85. The van der Waals surface area contributed by atoms with Crippen LogP contribution in [0.4, 0.5) is 11.6 Å². The zero-order valence-corrected chi connectivity index (χ0v) is 12.6. The number of nitrogens with one attached hydrogen (secondary N) is 2. The summed E-state index contributed by atoms with van der Waals surface area (Å²) in [6.45, 7) is 6.24. The number of amides is 1. The van der Waals surface area contributed by atoms with Gasteiger partial charge in [-0.1, -0.05) is 51.1 Å². The summed E-state index contributed by atoms with van der Waals surface area (Å²) in [5.41, 5.74) is 0.718. The van der Waals surface area contributed by atoms with E-state index in [4.69, 9.17) is 0 Å². The first kappa shape index (κ1) is 15.0. The molecule has 2 rings (SSSR count). The zero-order valence-electron chi connectivity index (χ0n) is 12.6. The molecule has 0 unspecified atom stereocenters. The molecule has 0 fully saturated rings. The van der Waals surface area contributed by atoms with Gasteiger partial charge >= 0.3 is 0 Å². The van der Waals surface area contributed by atoms with Crippen LogP contribution in [0.1, 0.15) is 26.3 Å². The van der Waals surface area contributed by atoms with Crippen LogP contribution in [0.3, 0.4) is 0 Å². The number of carbonyl (C=O) groups excluding carboxylic acids is 1. The number of benzene rings is 1. The molecule has 1 aromatic carbocycles. The molecule has 0 radical (unpaired) electrons. The normalized spacial score (nSPS) is 11.0. The second-order valence-corrected chi connectivity index (χ2v) is 5.85. The van der Waals surface area contributed by atoms with Crippen LogP contribution in [0, 0.1) is 5.41 Å². The Morgan fingerprint density at radius 1 is 1.00 bits per heavy atom. The molecule has 1 aromatic heterocycles. The van der Waals surface area contributed by atoms with Crippen molar-refractivity contribution in [1.82, 2.24) is 10.2 Å². The zero-order chi connectivity index (χ0) is 15.3. The van der Waals surface area contributed by atoms with Gasteiger partial charge in [0.2, 0.25) is 5.91 Å². The molecule has 2 N–H and O–H groups in total. The second kappa shape index (κ2) is 6.35. The van der Waals surface area contributed by atoms with Gasteiger partial charge in [0.25, 0.3) is 0 Å². The van der Waals surface area contributed by atoms with E-state index < -0.39 is 5.41 Å². The van der Waals surface area contributed by atoms with Gasteiger partial charge < -0.3 is 10.6 Å². The molecular weight excluding hydrogens is 264 g/mol. The Kier molecular flexibility index (Phi) is 4.52. The molecule has 0 atom stereocenters. The highest BCUT2D eigenvalue weighted by Gasteiger charge is 2.21. The van der Waals surface area contributed by atoms with Crippen LogP contribution >= 0.6 is 0 Å². The van der Waals surface area contributed by atoms with E-state index in [9.17, 15) is 4.79 Å². The average Bonchev–Trinajstić information content (AvgIpc) is 2.46. The van der Waals surface area contributed by atoms with Crippen molar-refractivity contribution in [3.05, 3.63) is 48.0 Å². The molecule has 0 aliphatic rings. The standard InChI is InChI=1S/C16H20N4O/c1-16(2,3)15(21)18-14-10-9-13(19-20-14)17-11-12-7-5-4-6-8-12/h4-10H,11H2,1-3H3,(H,17,19)(H,18,20,21). The smallest absolute Gasteiger partial charge is 0.230 e. The Labute approximate surface area is 124 Å². The predicted octanol–water partition coefficient (Wildman–Crippen LogP) is 3.07. The number of nitrogens with zero attached hydrogens (tertiary/aromatic N) is 2. The summed E-state index contributed by atoms with van der Waals surface area (Å²) in [6, 6.07) is 13.6. The summed E-state index contributed by atoms with van der Waals surface area (Å²) in [6.07, 6.45) is 0. The van der Waals surface area contributed by atoms with Crippen molar-refractivity contribution in [3.8, 4) is 0 Å². The van der Waals surface area contributed by atoms with Gasteiger partial charge in [0.1, 0.15) is 5.82 Å². The molecule has 21 heavy (non-hydrogen) atoms. The van der Waals surface area contributed by atoms with Gasteiger partial charge in [-0.25, -0.2) is 0 Å². The lowest BCUT2D eigenvalue weighted by Crippen LogP contribution is -2.28. The van der Waals surface area contributed by atoms with E-state index in [1.807, 2.05) is 51.1 Å². The lowest BCUT2D eigenvalue weighted by atomic mass is 9.96. The highest BCUT2D eigenvalue weighted by atomic mass is 16.2. The summed E-state index contributed by atoms with van der Waals surface area (Å²) in [4.78, 5) is 11.8. The molecule has 1 amide bonds. The average molecular weight is 284 g/mol. The van der Waals surface area contributed by atoms with Crippen molar-refractivity contribution in [2.75, 3.05) is 10.6 Å². The van der Waals surface area contributed by atoms with Gasteiger partial charge in [-0.2, -0.15) is 0 Å². The van der Waals surface area contributed by atoms with E-state index in [1.165, 1.54) is 5.56 Å². The first-order valence-corrected chi connectivity index (χ1v) is 6.88. The molecular formula is C16H20N4O. The largest absolute Gasteiger partial charge is 0.365 e. The molecule has 2 aromatic rings.